The first-order valence-electron chi connectivity index (χ1n) is 4.34. The lowest BCUT2D eigenvalue weighted by atomic mass is 10.1. The fourth-order valence-electron chi connectivity index (χ4n) is 1.04. The molecule has 0 unspecified atom stereocenters. The maximum atomic E-state index is 13.2. The molecule has 1 aromatic rings. The van der Waals surface area contributed by atoms with E-state index in [4.69, 9.17) is 0 Å². The maximum Gasteiger partial charge on any atom is 0.237 e. The van der Waals surface area contributed by atoms with Gasteiger partial charge in [0, 0.05) is 18.3 Å². The molecule has 74 valence electrons. The third kappa shape index (κ3) is 2.28. The summed E-state index contributed by atoms with van der Waals surface area (Å²) in [6.07, 6.45) is 1.74. The highest BCUT2D eigenvalue weighted by molar-refractivity contribution is 5.07. The van der Waals surface area contributed by atoms with Crippen molar-refractivity contribution >= 4 is 0 Å². The molecule has 0 amide bonds. The van der Waals surface area contributed by atoms with Gasteiger partial charge in [-0.15, -0.1) is 5.10 Å². The molecule has 0 saturated carbocycles. The van der Waals surface area contributed by atoms with E-state index in [1.165, 1.54) is 0 Å². The summed E-state index contributed by atoms with van der Waals surface area (Å²) in [4.78, 5) is 0. The molecule has 0 aliphatic heterocycles. The van der Waals surface area contributed by atoms with Crippen LogP contribution in [0.1, 0.15) is 26.3 Å². The Morgan fingerprint density at radius 1 is 1.54 bits per heavy atom. The Morgan fingerprint density at radius 2 is 2.15 bits per heavy atom. The molecule has 0 saturated heterocycles. The number of hydrogen-bond donors (Lipinski definition) is 1. The molecule has 13 heavy (non-hydrogen) atoms. The van der Waals surface area contributed by atoms with Crippen molar-refractivity contribution in [3.63, 3.8) is 0 Å². The van der Waals surface area contributed by atoms with Gasteiger partial charge in [0.25, 0.3) is 0 Å². The monoisotopic (exact) mass is 185 g/mol. The molecule has 1 rings (SSSR count). The summed E-state index contributed by atoms with van der Waals surface area (Å²) in [6, 6.07) is 0. The lowest BCUT2D eigenvalue weighted by molar-refractivity contribution is 0.342. The van der Waals surface area contributed by atoms with E-state index in [0.29, 0.717) is 12.1 Å². The molecule has 0 aliphatic carbocycles. The first-order chi connectivity index (χ1) is 5.95. The second-order valence-electron chi connectivity index (χ2n) is 4.09. The molecular weight excluding hydrogens is 169 g/mol. The molecule has 3 nitrogen and oxygen atoms in total. The van der Waals surface area contributed by atoms with Gasteiger partial charge in [-0.2, -0.15) is 4.39 Å². The van der Waals surface area contributed by atoms with Crippen LogP contribution in [0.2, 0.25) is 0 Å². The summed E-state index contributed by atoms with van der Waals surface area (Å²) in [5.41, 5.74) is 0.449. The normalized spacial score (nSPS) is 12.1. The lowest BCUT2D eigenvalue weighted by Gasteiger charge is -2.18. The number of rotatable bonds is 2. The van der Waals surface area contributed by atoms with Crippen LogP contribution in [-0.2, 0) is 12.1 Å². The zero-order valence-electron chi connectivity index (χ0n) is 8.56. The highest BCUT2D eigenvalue weighted by atomic mass is 19.1. The molecule has 0 aromatic carbocycles. The van der Waals surface area contributed by atoms with Crippen LogP contribution in [0.25, 0.3) is 0 Å². The van der Waals surface area contributed by atoms with Gasteiger partial charge in [-0.25, -0.2) is 0 Å². The average Bonchev–Trinajstić information content (AvgIpc) is 2.32. The van der Waals surface area contributed by atoms with E-state index in [9.17, 15) is 4.39 Å². The molecule has 1 aromatic heterocycles. The van der Waals surface area contributed by atoms with Crippen molar-refractivity contribution in [3.05, 3.63) is 17.7 Å². The molecule has 0 fully saturated rings. The molecule has 0 atom stereocenters. The molecule has 4 heteroatoms. The van der Waals surface area contributed by atoms with Crippen LogP contribution < -0.4 is 5.32 Å². The molecule has 0 aliphatic rings. The maximum absolute atomic E-state index is 13.2. The quantitative estimate of drug-likeness (QED) is 0.756. The topological polar surface area (TPSA) is 29.9 Å². The van der Waals surface area contributed by atoms with Crippen LogP contribution in [0.4, 0.5) is 4.39 Å². The summed E-state index contributed by atoms with van der Waals surface area (Å²) >= 11 is 0. The van der Waals surface area contributed by atoms with Gasteiger partial charge < -0.3 is 5.32 Å². The van der Waals surface area contributed by atoms with Gasteiger partial charge in [-0.1, -0.05) is 0 Å². The molecule has 0 bridgehead atoms. The zero-order chi connectivity index (χ0) is 10.1. The number of hydrogen-bond acceptors (Lipinski definition) is 2. The number of nitrogens with zero attached hydrogens (tertiary/aromatic N) is 2. The Morgan fingerprint density at radius 3 is 2.54 bits per heavy atom. The van der Waals surface area contributed by atoms with E-state index in [-0.39, 0.29) is 11.5 Å². The lowest BCUT2D eigenvalue weighted by Crippen LogP contribution is -2.22. The Balaban J connectivity index is 2.95. The van der Waals surface area contributed by atoms with Gasteiger partial charge in [0.05, 0.1) is 5.54 Å². The van der Waals surface area contributed by atoms with Crippen molar-refractivity contribution in [1.82, 2.24) is 15.1 Å². The van der Waals surface area contributed by atoms with Crippen LogP contribution in [0.3, 0.4) is 0 Å². The predicted octanol–water partition coefficient (Wildman–Crippen LogP) is 1.50. The minimum absolute atomic E-state index is 0.160. The average molecular weight is 185 g/mol. The fourth-order valence-corrected chi connectivity index (χ4v) is 1.04. The smallest absolute Gasteiger partial charge is 0.237 e. The first-order valence-corrected chi connectivity index (χ1v) is 4.34. The van der Waals surface area contributed by atoms with Gasteiger partial charge in [-0.3, -0.25) is 4.68 Å². The van der Waals surface area contributed by atoms with Gasteiger partial charge in [0.15, 0.2) is 0 Å². The van der Waals surface area contributed by atoms with E-state index < -0.39 is 0 Å². The second kappa shape index (κ2) is 3.46. The Kier molecular flexibility index (Phi) is 2.71. The van der Waals surface area contributed by atoms with Crippen LogP contribution in [0.15, 0.2) is 6.20 Å². The summed E-state index contributed by atoms with van der Waals surface area (Å²) in [5.74, 6) is -0.385. The van der Waals surface area contributed by atoms with Crippen molar-refractivity contribution in [2.24, 2.45) is 0 Å². The second-order valence-corrected chi connectivity index (χ2v) is 4.09. The van der Waals surface area contributed by atoms with Crippen LogP contribution in [-0.4, -0.2) is 16.8 Å². The van der Waals surface area contributed by atoms with Crippen molar-refractivity contribution in [2.75, 3.05) is 7.05 Å². The fraction of sp³-hybridized carbons (Fsp3) is 0.667. The van der Waals surface area contributed by atoms with E-state index in [0.717, 1.165) is 0 Å². The van der Waals surface area contributed by atoms with Gasteiger partial charge in [-0.05, 0) is 27.8 Å². The molecule has 0 radical (unpaired) electrons. The third-order valence-electron chi connectivity index (χ3n) is 1.79. The summed E-state index contributed by atoms with van der Waals surface area (Å²) < 4.78 is 14.8. The number of aromatic nitrogens is 2. The summed E-state index contributed by atoms with van der Waals surface area (Å²) in [7, 11) is 1.79. The molecule has 1 N–H and O–H groups in total. The van der Waals surface area contributed by atoms with Crippen molar-refractivity contribution in [3.8, 4) is 0 Å². The SMILES string of the molecule is CNCc1cn(C(C)(C)C)nc1F. The first kappa shape index (κ1) is 10.2. The standard InChI is InChI=1S/C9H16FN3/c1-9(2,3)13-6-7(5-11-4)8(10)12-13/h6,11H,5H2,1-4H3. The zero-order valence-corrected chi connectivity index (χ0v) is 8.56. The van der Waals surface area contributed by atoms with E-state index >= 15 is 0 Å². The number of nitrogens with one attached hydrogen (secondary N) is 1. The van der Waals surface area contributed by atoms with Gasteiger partial charge in [0.2, 0.25) is 5.95 Å². The van der Waals surface area contributed by atoms with Crippen molar-refractivity contribution in [1.29, 1.82) is 0 Å². The highest BCUT2D eigenvalue weighted by Crippen LogP contribution is 2.15. The third-order valence-corrected chi connectivity index (χ3v) is 1.79. The van der Waals surface area contributed by atoms with Gasteiger partial charge in [0.1, 0.15) is 0 Å². The van der Waals surface area contributed by atoms with Crippen LogP contribution >= 0.6 is 0 Å². The van der Waals surface area contributed by atoms with Crippen LogP contribution in [0, 0.1) is 5.95 Å². The van der Waals surface area contributed by atoms with Gasteiger partial charge >= 0.3 is 0 Å². The highest BCUT2D eigenvalue weighted by Gasteiger charge is 2.17. The Bertz CT molecular complexity index is 286. The summed E-state index contributed by atoms with van der Waals surface area (Å²) in [6.45, 7) is 6.48. The minimum atomic E-state index is -0.385. The van der Waals surface area contributed by atoms with E-state index in [1.807, 2.05) is 20.8 Å². The van der Waals surface area contributed by atoms with E-state index in [2.05, 4.69) is 10.4 Å². The molecular formula is C9H16FN3. The van der Waals surface area contributed by atoms with Crippen molar-refractivity contribution in [2.45, 2.75) is 32.9 Å². The molecule has 1 heterocycles. The Labute approximate surface area is 77.9 Å². The Hall–Kier alpha value is -0.900. The largest absolute Gasteiger partial charge is 0.315 e. The minimum Gasteiger partial charge on any atom is -0.315 e. The van der Waals surface area contributed by atoms with E-state index in [1.54, 1.807) is 17.9 Å². The predicted molar refractivity (Wildman–Crippen MR) is 49.9 cm³/mol. The summed E-state index contributed by atoms with van der Waals surface area (Å²) in [5, 5.41) is 6.71. The van der Waals surface area contributed by atoms with Crippen LogP contribution in [0.5, 0.6) is 0 Å². The number of halogens is 1. The molecule has 0 spiro atoms. The van der Waals surface area contributed by atoms with Crippen molar-refractivity contribution < 1.29 is 4.39 Å².